The van der Waals surface area contributed by atoms with Crippen LogP contribution in [0.25, 0.3) is 0 Å². The van der Waals surface area contributed by atoms with E-state index in [-0.39, 0.29) is 31.3 Å². The number of likely N-dealkylation sites (N-methyl/N-ethyl adjacent to an activating group) is 4. The third kappa shape index (κ3) is 2.66. The Hall–Kier alpha value is -3.44. The first kappa shape index (κ1) is 18.9. The van der Waals surface area contributed by atoms with Crippen LogP contribution in [0.4, 0.5) is 9.59 Å². The smallest absolute Gasteiger partial charge is 0.269 e. The van der Waals surface area contributed by atoms with Crippen molar-refractivity contribution in [1.29, 1.82) is 0 Å². The Morgan fingerprint density at radius 1 is 0.793 bits per heavy atom. The first-order chi connectivity index (χ1) is 13.7. The highest BCUT2D eigenvalue weighted by atomic mass is 16.2. The van der Waals surface area contributed by atoms with Crippen molar-refractivity contribution in [2.45, 2.75) is 18.5 Å². The maximum Gasteiger partial charge on any atom is 0.333 e. The Bertz CT molecular complexity index is 888. The molecule has 0 aliphatic carbocycles. The highest BCUT2D eigenvalue weighted by Crippen LogP contribution is 2.20. The molecule has 0 radical (unpaired) electrons. The molecule has 4 rings (SSSR count). The van der Waals surface area contributed by atoms with Gasteiger partial charge in [0.05, 0.1) is 14.1 Å². The van der Waals surface area contributed by atoms with Crippen molar-refractivity contribution in [2.24, 2.45) is 9.98 Å². The van der Waals surface area contributed by atoms with Crippen molar-refractivity contribution in [3.63, 3.8) is 0 Å². The van der Waals surface area contributed by atoms with E-state index in [2.05, 4.69) is 9.98 Å². The number of carbonyl (C=O) groups is 4. The van der Waals surface area contributed by atoms with Crippen LogP contribution in [0.5, 0.6) is 0 Å². The van der Waals surface area contributed by atoms with Gasteiger partial charge in [-0.1, -0.05) is 0 Å². The van der Waals surface area contributed by atoms with Crippen LogP contribution in [0.2, 0.25) is 0 Å². The highest BCUT2D eigenvalue weighted by molar-refractivity contribution is 6.22. The zero-order valence-corrected chi connectivity index (χ0v) is 16.6. The second kappa shape index (κ2) is 6.57. The molecular weight excluding hydrogens is 380 g/mol. The van der Waals surface area contributed by atoms with Gasteiger partial charge in [-0.15, -0.1) is 0 Å². The van der Waals surface area contributed by atoms with Gasteiger partial charge < -0.3 is 0 Å². The zero-order valence-electron chi connectivity index (χ0n) is 16.6. The number of rotatable bonds is 4. The zero-order chi connectivity index (χ0) is 21.0. The van der Waals surface area contributed by atoms with Crippen LogP contribution in [-0.2, 0) is 9.59 Å². The molecule has 0 saturated carbocycles. The molecule has 29 heavy (non-hydrogen) atoms. The molecule has 12 nitrogen and oxygen atoms in total. The number of hydrogen-bond donors (Lipinski definition) is 0. The lowest BCUT2D eigenvalue weighted by atomic mass is 10.1. The van der Waals surface area contributed by atoms with Gasteiger partial charge in [0.15, 0.2) is 0 Å². The topological polar surface area (TPSA) is 112 Å². The van der Waals surface area contributed by atoms with Gasteiger partial charge in [-0.3, -0.25) is 29.2 Å². The Labute approximate surface area is 166 Å². The molecule has 2 fully saturated rings. The van der Waals surface area contributed by atoms with Crippen molar-refractivity contribution in [2.75, 3.05) is 41.3 Å². The molecule has 2 saturated heterocycles. The van der Waals surface area contributed by atoms with E-state index in [4.69, 9.17) is 0 Å². The second-order valence-electron chi connectivity index (χ2n) is 7.36. The van der Waals surface area contributed by atoms with Gasteiger partial charge in [0.2, 0.25) is 0 Å². The van der Waals surface area contributed by atoms with E-state index < -0.39 is 24.1 Å². The number of amides is 6. The predicted molar refractivity (Wildman–Crippen MR) is 101 cm³/mol. The molecule has 0 aromatic heterocycles. The fourth-order valence-corrected chi connectivity index (χ4v) is 3.89. The van der Waals surface area contributed by atoms with Crippen LogP contribution < -0.4 is 0 Å². The van der Waals surface area contributed by atoms with Crippen molar-refractivity contribution in [3.8, 4) is 0 Å². The highest BCUT2D eigenvalue weighted by Gasteiger charge is 2.52. The van der Waals surface area contributed by atoms with E-state index >= 15 is 0 Å². The lowest BCUT2D eigenvalue weighted by Crippen LogP contribution is -2.63. The Morgan fingerprint density at radius 2 is 1.17 bits per heavy atom. The summed E-state index contributed by atoms with van der Waals surface area (Å²) >= 11 is 0. The SMILES string of the molecule is CN1C(=O)N(CCCN2C(=O)C3C(=NC=[N+]3C)N(C)C2=O)C(=O)C2C1=NC=[N+]2C. The maximum absolute atomic E-state index is 12.8. The third-order valence-electron chi connectivity index (χ3n) is 5.53. The van der Waals surface area contributed by atoms with E-state index in [9.17, 15) is 19.2 Å². The molecule has 4 heterocycles. The van der Waals surface area contributed by atoms with E-state index in [0.717, 1.165) is 9.80 Å². The van der Waals surface area contributed by atoms with Crippen molar-refractivity contribution in [3.05, 3.63) is 0 Å². The van der Waals surface area contributed by atoms with Gasteiger partial charge in [-0.05, 0) is 16.4 Å². The molecule has 152 valence electrons. The summed E-state index contributed by atoms with van der Waals surface area (Å²) in [6.07, 6.45) is 3.30. The molecule has 0 spiro atoms. The van der Waals surface area contributed by atoms with Gasteiger partial charge in [0, 0.05) is 27.2 Å². The van der Waals surface area contributed by atoms with Crippen LogP contribution in [0, 0.1) is 0 Å². The van der Waals surface area contributed by atoms with Crippen LogP contribution in [0.15, 0.2) is 9.98 Å². The molecule has 0 aromatic rings. The Balaban J connectivity index is 1.44. The number of amidine groups is 2. The number of aliphatic imine (C=N–C) groups is 2. The minimum atomic E-state index is -0.636. The lowest BCUT2D eigenvalue weighted by molar-refractivity contribution is -0.501. The van der Waals surface area contributed by atoms with Gasteiger partial charge in [0.1, 0.15) is 0 Å². The Morgan fingerprint density at radius 3 is 1.55 bits per heavy atom. The monoisotopic (exact) mass is 402 g/mol. The first-order valence-electron chi connectivity index (χ1n) is 9.18. The normalized spacial score (nSPS) is 26.5. The molecule has 0 aromatic carbocycles. The van der Waals surface area contributed by atoms with E-state index in [1.54, 1.807) is 37.3 Å². The largest absolute Gasteiger partial charge is 0.333 e. The van der Waals surface area contributed by atoms with Gasteiger partial charge in [0.25, 0.3) is 48.2 Å². The minimum Gasteiger partial charge on any atom is -0.269 e. The summed E-state index contributed by atoms with van der Waals surface area (Å²) in [4.78, 5) is 64.0. The first-order valence-corrected chi connectivity index (χ1v) is 9.18. The average Bonchev–Trinajstić information content (AvgIpc) is 3.26. The quantitative estimate of drug-likeness (QED) is 0.510. The van der Waals surface area contributed by atoms with Crippen molar-refractivity contribution >= 4 is 48.2 Å². The number of nitrogens with zero attached hydrogens (tertiary/aromatic N) is 8. The number of hydrogen-bond acceptors (Lipinski definition) is 6. The number of carbonyl (C=O) groups excluding carboxylic acids is 4. The van der Waals surface area contributed by atoms with E-state index in [1.807, 2.05) is 0 Å². The molecule has 4 aliphatic rings. The molecule has 0 N–H and O–H groups in total. The summed E-state index contributed by atoms with van der Waals surface area (Å²) in [5, 5.41) is 0. The number of imide groups is 2. The van der Waals surface area contributed by atoms with Gasteiger partial charge >= 0.3 is 12.1 Å². The number of fused-ring (bicyclic) bond motifs is 2. The summed E-state index contributed by atoms with van der Waals surface area (Å²) in [5.41, 5.74) is 0. The third-order valence-corrected chi connectivity index (χ3v) is 5.53. The second-order valence-corrected chi connectivity index (χ2v) is 7.36. The lowest BCUT2D eigenvalue weighted by Gasteiger charge is -2.34. The molecule has 0 bridgehead atoms. The minimum absolute atomic E-state index is 0.0912. The predicted octanol–water partition coefficient (Wildman–Crippen LogP) is -1.93. The maximum atomic E-state index is 12.8. The molecule has 6 amide bonds. The molecule has 2 atom stereocenters. The molecule has 2 unspecified atom stereocenters. The van der Waals surface area contributed by atoms with Gasteiger partial charge in [-0.25, -0.2) is 18.7 Å². The van der Waals surface area contributed by atoms with Crippen LogP contribution in [0.1, 0.15) is 6.42 Å². The van der Waals surface area contributed by atoms with Crippen LogP contribution >= 0.6 is 0 Å². The van der Waals surface area contributed by atoms with E-state index in [0.29, 0.717) is 11.7 Å². The average molecular weight is 402 g/mol. The fraction of sp³-hybridized carbons (Fsp3) is 0.529. The summed E-state index contributed by atoms with van der Waals surface area (Å²) in [6, 6.07) is -2.21. The summed E-state index contributed by atoms with van der Waals surface area (Å²) in [6.45, 7) is 0.182. The summed E-state index contributed by atoms with van der Waals surface area (Å²) in [5.74, 6) is 0.0651. The van der Waals surface area contributed by atoms with Crippen molar-refractivity contribution in [1.82, 2.24) is 19.6 Å². The van der Waals surface area contributed by atoms with Crippen molar-refractivity contribution < 1.29 is 28.3 Å². The number of urea groups is 2. The van der Waals surface area contributed by atoms with Gasteiger partial charge in [-0.2, -0.15) is 0 Å². The standard InChI is InChI=1S/C17H22N8O4/c1-20-8-18-12-10(20)14(26)24(16(28)22(12)3)6-5-7-25-15(27)11-13(19-9-21(11)2)23(4)17(25)29/h8-11H,5-7H2,1-4H3/q+2. The molecule has 4 aliphatic heterocycles. The molecule has 12 heteroatoms. The summed E-state index contributed by atoms with van der Waals surface area (Å²) < 4.78 is 3.29. The van der Waals surface area contributed by atoms with E-state index in [1.165, 1.54) is 22.5 Å². The Kier molecular flexibility index (Phi) is 4.28. The van der Waals surface area contributed by atoms with Crippen LogP contribution in [-0.4, -0.2) is 130 Å². The fourth-order valence-electron chi connectivity index (χ4n) is 3.89. The molecular formula is C17H22N8O4+2. The summed E-state index contributed by atoms with van der Waals surface area (Å²) in [7, 11) is 6.58. The van der Waals surface area contributed by atoms with Crippen LogP contribution in [0.3, 0.4) is 0 Å².